The van der Waals surface area contributed by atoms with Crippen LogP contribution in [0.2, 0.25) is 0 Å². The molecule has 26 heavy (non-hydrogen) atoms. The molecule has 142 valence electrons. The largest absolute Gasteiger partial charge is 0.375 e. The van der Waals surface area contributed by atoms with E-state index in [0.29, 0.717) is 13.1 Å². The third-order valence-electron chi connectivity index (χ3n) is 5.35. The standard InChI is InChI=1S/C20H29N3O3/c1-15(2)21-19(25)17-10-22(9-16-7-5-4-6-8-16)12-20(17)13-23(14-20)18(24)11-26-3/h4-8,15,17H,9-14H2,1-3H3,(H,21,25). The zero-order valence-corrected chi connectivity index (χ0v) is 15.9. The molecule has 2 amide bonds. The predicted molar refractivity (Wildman–Crippen MR) is 99.4 cm³/mol. The maximum Gasteiger partial charge on any atom is 0.248 e. The molecule has 2 heterocycles. The number of nitrogens with zero attached hydrogens (tertiary/aromatic N) is 2. The van der Waals surface area contributed by atoms with E-state index >= 15 is 0 Å². The number of carbonyl (C=O) groups is 2. The van der Waals surface area contributed by atoms with Crippen molar-refractivity contribution in [2.75, 3.05) is 39.9 Å². The number of likely N-dealkylation sites (tertiary alicyclic amines) is 2. The van der Waals surface area contributed by atoms with Crippen molar-refractivity contribution < 1.29 is 14.3 Å². The summed E-state index contributed by atoms with van der Waals surface area (Å²) in [5.41, 5.74) is 1.11. The smallest absolute Gasteiger partial charge is 0.248 e. The Morgan fingerprint density at radius 1 is 1.23 bits per heavy atom. The van der Waals surface area contributed by atoms with E-state index in [1.165, 1.54) is 12.7 Å². The second-order valence-corrected chi connectivity index (χ2v) is 7.92. The number of methoxy groups -OCH3 is 1. The highest BCUT2D eigenvalue weighted by atomic mass is 16.5. The lowest BCUT2D eigenvalue weighted by molar-refractivity contribution is -0.153. The van der Waals surface area contributed by atoms with Gasteiger partial charge < -0.3 is 15.0 Å². The van der Waals surface area contributed by atoms with Gasteiger partial charge in [-0.25, -0.2) is 0 Å². The summed E-state index contributed by atoms with van der Waals surface area (Å²) < 4.78 is 4.96. The van der Waals surface area contributed by atoms with Crippen LogP contribution in [-0.4, -0.2) is 67.6 Å². The van der Waals surface area contributed by atoms with Crippen molar-refractivity contribution >= 4 is 11.8 Å². The molecular weight excluding hydrogens is 330 g/mol. The molecule has 0 aromatic heterocycles. The van der Waals surface area contributed by atoms with Gasteiger partial charge in [-0.3, -0.25) is 14.5 Å². The molecule has 2 aliphatic rings. The molecule has 6 heteroatoms. The van der Waals surface area contributed by atoms with E-state index in [1.54, 1.807) is 0 Å². The van der Waals surface area contributed by atoms with Gasteiger partial charge in [0.05, 0.1) is 5.92 Å². The second kappa shape index (κ2) is 7.76. The van der Waals surface area contributed by atoms with Gasteiger partial charge in [0.1, 0.15) is 6.61 Å². The summed E-state index contributed by atoms with van der Waals surface area (Å²) >= 11 is 0. The quantitative estimate of drug-likeness (QED) is 0.827. The second-order valence-electron chi connectivity index (χ2n) is 7.92. The summed E-state index contributed by atoms with van der Waals surface area (Å²) in [7, 11) is 1.53. The number of rotatable bonds is 6. The first-order valence-corrected chi connectivity index (χ1v) is 9.27. The van der Waals surface area contributed by atoms with E-state index in [4.69, 9.17) is 4.74 Å². The van der Waals surface area contributed by atoms with Crippen LogP contribution in [0.1, 0.15) is 19.4 Å². The molecule has 2 aliphatic heterocycles. The zero-order chi connectivity index (χ0) is 18.7. The molecule has 3 rings (SSSR count). The Hall–Kier alpha value is -1.92. The Bertz CT molecular complexity index is 641. The Morgan fingerprint density at radius 2 is 1.92 bits per heavy atom. The van der Waals surface area contributed by atoms with Crippen LogP contribution in [0.4, 0.5) is 0 Å². The van der Waals surface area contributed by atoms with Gasteiger partial charge in [0.25, 0.3) is 0 Å². The minimum Gasteiger partial charge on any atom is -0.375 e. The first kappa shape index (κ1) is 18.9. The number of nitrogens with one attached hydrogen (secondary N) is 1. The van der Waals surface area contributed by atoms with Gasteiger partial charge in [-0.1, -0.05) is 30.3 Å². The lowest BCUT2D eigenvalue weighted by atomic mass is 9.71. The van der Waals surface area contributed by atoms with Crippen molar-refractivity contribution in [3.63, 3.8) is 0 Å². The molecule has 0 saturated carbocycles. The molecule has 1 N–H and O–H groups in total. The molecule has 1 unspecified atom stereocenters. The summed E-state index contributed by atoms with van der Waals surface area (Å²) in [6.07, 6.45) is 0. The molecule has 1 aromatic rings. The van der Waals surface area contributed by atoms with Gasteiger partial charge in [0.2, 0.25) is 11.8 Å². The van der Waals surface area contributed by atoms with Crippen molar-refractivity contribution in [3.05, 3.63) is 35.9 Å². The van der Waals surface area contributed by atoms with Gasteiger partial charge in [-0.05, 0) is 19.4 Å². The number of hydrogen-bond donors (Lipinski definition) is 1. The molecular formula is C20H29N3O3. The van der Waals surface area contributed by atoms with Crippen molar-refractivity contribution in [1.82, 2.24) is 15.1 Å². The highest BCUT2D eigenvalue weighted by Crippen LogP contribution is 2.44. The molecule has 2 saturated heterocycles. The van der Waals surface area contributed by atoms with E-state index in [2.05, 4.69) is 22.3 Å². The minimum atomic E-state index is -0.142. The zero-order valence-electron chi connectivity index (χ0n) is 15.9. The van der Waals surface area contributed by atoms with Gasteiger partial charge in [0, 0.05) is 51.3 Å². The minimum absolute atomic E-state index is 0.00246. The van der Waals surface area contributed by atoms with Crippen LogP contribution in [0.25, 0.3) is 0 Å². The number of hydrogen-bond acceptors (Lipinski definition) is 4. The fourth-order valence-corrected chi connectivity index (χ4v) is 4.21. The van der Waals surface area contributed by atoms with Gasteiger partial charge in [-0.2, -0.15) is 0 Å². The first-order valence-electron chi connectivity index (χ1n) is 9.27. The predicted octanol–water partition coefficient (Wildman–Crippen LogP) is 1.12. The highest BCUT2D eigenvalue weighted by Gasteiger charge is 2.57. The van der Waals surface area contributed by atoms with Crippen LogP contribution < -0.4 is 5.32 Å². The average molecular weight is 359 g/mol. The molecule has 0 bridgehead atoms. The maximum absolute atomic E-state index is 12.8. The summed E-state index contributed by atoms with van der Waals surface area (Å²) in [5, 5.41) is 3.07. The normalized spacial score (nSPS) is 21.8. The van der Waals surface area contributed by atoms with Crippen molar-refractivity contribution in [3.8, 4) is 0 Å². The van der Waals surface area contributed by atoms with E-state index in [9.17, 15) is 9.59 Å². The number of benzene rings is 1. The Morgan fingerprint density at radius 3 is 2.54 bits per heavy atom. The molecule has 1 spiro atoms. The third-order valence-corrected chi connectivity index (χ3v) is 5.35. The molecule has 6 nitrogen and oxygen atoms in total. The van der Waals surface area contributed by atoms with Gasteiger partial charge in [0.15, 0.2) is 0 Å². The average Bonchev–Trinajstić information content (AvgIpc) is 2.93. The monoisotopic (exact) mass is 359 g/mol. The first-order chi connectivity index (χ1) is 12.4. The molecule has 0 radical (unpaired) electrons. The van der Waals surface area contributed by atoms with Gasteiger partial charge in [-0.15, -0.1) is 0 Å². The fourth-order valence-electron chi connectivity index (χ4n) is 4.21. The highest BCUT2D eigenvalue weighted by molar-refractivity contribution is 5.83. The Balaban J connectivity index is 1.70. The third kappa shape index (κ3) is 3.91. The number of ether oxygens (including phenoxy) is 1. The lowest BCUT2D eigenvalue weighted by Gasteiger charge is -2.50. The Kier molecular flexibility index (Phi) is 5.63. The van der Waals surface area contributed by atoms with E-state index in [0.717, 1.165) is 19.6 Å². The SMILES string of the molecule is COCC(=O)N1CC2(CN(Cc3ccccc3)CC2C(=O)NC(C)C)C1. The van der Waals surface area contributed by atoms with Crippen molar-refractivity contribution in [2.24, 2.45) is 11.3 Å². The fraction of sp³-hybridized carbons (Fsp3) is 0.600. The van der Waals surface area contributed by atoms with Crippen LogP contribution in [-0.2, 0) is 20.9 Å². The van der Waals surface area contributed by atoms with E-state index < -0.39 is 0 Å². The summed E-state index contributed by atoms with van der Waals surface area (Å²) in [6, 6.07) is 10.4. The van der Waals surface area contributed by atoms with Crippen LogP contribution in [0.5, 0.6) is 0 Å². The molecule has 1 aromatic carbocycles. The molecule has 0 aliphatic carbocycles. The molecule has 1 atom stereocenters. The Labute approximate surface area is 155 Å². The van der Waals surface area contributed by atoms with Gasteiger partial charge >= 0.3 is 0 Å². The summed E-state index contributed by atoms with van der Waals surface area (Å²) in [5.74, 6) is 0.0252. The lowest BCUT2D eigenvalue weighted by Crippen LogP contribution is -2.64. The van der Waals surface area contributed by atoms with Crippen molar-refractivity contribution in [1.29, 1.82) is 0 Å². The maximum atomic E-state index is 12.8. The number of amides is 2. The topological polar surface area (TPSA) is 61.9 Å². The van der Waals surface area contributed by atoms with E-state index in [1.807, 2.05) is 36.9 Å². The van der Waals surface area contributed by atoms with Crippen LogP contribution in [0.15, 0.2) is 30.3 Å². The van der Waals surface area contributed by atoms with E-state index in [-0.39, 0.29) is 35.8 Å². The van der Waals surface area contributed by atoms with Crippen LogP contribution in [0, 0.1) is 11.3 Å². The van der Waals surface area contributed by atoms with Crippen molar-refractivity contribution in [2.45, 2.75) is 26.4 Å². The summed E-state index contributed by atoms with van der Waals surface area (Å²) in [4.78, 5) is 29.0. The molecule has 2 fully saturated rings. The van der Waals surface area contributed by atoms with Crippen LogP contribution >= 0.6 is 0 Å². The summed E-state index contributed by atoms with van der Waals surface area (Å²) in [6.45, 7) is 7.75. The number of carbonyl (C=O) groups excluding carboxylic acids is 2. The van der Waals surface area contributed by atoms with Crippen LogP contribution in [0.3, 0.4) is 0 Å².